The molecule has 2 rings (SSSR count). The summed E-state index contributed by atoms with van der Waals surface area (Å²) in [6.45, 7) is 2.72. The highest BCUT2D eigenvalue weighted by atomic mass is 35.5. The van der Waals surface area contributed by atoms with Crippen LogP contribution in [-0.4, -0.2) is 9.97 Å². The van der Waals surface area contributed by atoms with Gasteiger partial charge in [-0.05, 0) is 18.1 Å². The summed E-state index contributed by atoms with van der Waals surface area (Å²) < 4.78 is 0. The molecule has 5 heteroatoms. The summed E-state index contributed by atoms with van der Waals surface area (Å²) >= 11 is 5.99. The Labute approximate surface area is 105 Å². The molecule has 0 amide bonds. The number of nitrogen functional groups attached to an aromatic ring is 1. The van der Waals surface area contributed by atoms with Crippen LogP contribution in [0.5, 0.6) is 0 Å². The molecule has 1 heterocycles. The van der Waals surface area contributed by atoms with E-state index in [0.29, 0.717) is 17.4 Å². The lowest BCUT2D eigenvalue weighted by Gasteiger charge is -2.09. The lowest BCUT2D eigenvalue weighted by Crippen LogP contribution is -2.05. The van der Waals surface area contributed by atoms with E-state index in [1.807, 2.05) is 12.1 Å². The Morgan fingerprint density at radius 3 is 2.82 bits per heavy atom. The van der Waals surface area contributed by atoms with Gasteiger partial charge < -0.3 is 11.1 Å². The van der Waals surface area contributed by atoms with Crippen LogP contribution in [-0.2, 0) is 6.54 Å². The third-order valence-electron chi connectivity index (χ3n) is 2.52. The molecule has 0 spiro atoms. The highest BCUT2D eigenvalue weighted by Gasteiger charge is 2.06. The predicted octanol–water partition coefficient (Wildman–Crippen LogP) is 2.63. The Balaban J connectivity index is 2.13. The maximum atomic E-state index is 5.99. The first-order valence-corrected chi connectivity index (χ1v) is 5.60. The van der Waals surface area contributed by atoms with Crippen molar-refractivity contribution in [3.63, 3.8) is 0 Å². The van der Waals surface area contributed by atoms with E-state index in [4.69, 9.17) is 17.3 Å². The highest BCUT2D eigenvalue weighted by molar-refractivity contribution is 6.35. The van der Waals surface area contributed by atoms with Crippen LogP contribution in [0.2, 0.25) is 5.02 Å². The van der Waals surface area contributed by atoms with Gasteiger partial charge in [-0.1, -0.05) is 35.9 Å². The van der Waals surface area contributed by atoms with Crippen LogP contribution in [0.15, 0.2) is 30.6 Å². The second kappa shape index (κ2) is 5.01. The first kappa shape index (κ1) is 11.7. The van der Waals surface area contributed by atoms with Crippen LogP contribution in [0, 0.1) is 6.92 Å². The van der Waals surface area contributed by atoms with Crippen molar-refractivity contribution in [3.05, 3.63) is 46.7 Å². The summed E-state index contributed by atoms with van der Waals surface area (Å²) in [5.41, 5.74) is 8.01. The molecule has 0 bridgehead atoms. The van der Waals surface area contributed by atoms with Crippen LogP contribution in [0.25, 0.3) is 0 Å². The number of hydrogen-bond donors (Lipinski definition) is 2. The molecule has 0 saturated carbocycles. The van der Waals surface area contributed by atoms with Crippen LogP contribution >= 0.6 is 11.6 Å². The Morgan fingerprint density at radius 1 is 1.29 bits per heavy atom. The second-order valence-electron chi connectivity index (χ2n) is 3.70. The molecule has 3 N–H and O–H groups in total. The average molecular weight is 249 g/mol. The number of benzene rings is 1. The lowest BCUT2D eigenvalue weighted by molar-refractivity contribution is 1.07. The minimum absolute atomic E-state index is 0.286. The number of anilines is 2. The summed E-state index contributed by atoms with van der Waals surface area (Å²) in [6, 6.07) is 8.13. The molecule has 0 saturated heterocycles. The molecular weight excluding hydrogens is 236 g/mol. The molecule has 0 aliphatic heterocycles. The van der Waals surface area contributed by atoms with Crippen molar-refractivity contribution in [1.29, 1.82) is 0 Å². The van der Waals surface area contributed by atoms with Crippen LogP contribution in [0.4, 0.5) is 11.6 Å². The largest absolute Gasteiger partial charge is 0.382 e. The number of hydrogen-bond acceptors (Lipinski definition) is 4. The van der Waals surface area contributed by atoms with Gasteiger partial charge in [-0.15, -0.1) is 0 Å². The molecule has 0 fully saturated rings. The molecular formula is C12H13ClN4. The van der Waals surface area contributed by atoms with Gasteiger partial charge in [0.2, 0.25) is 0 Å². The summed E-state index contributed by atoms with van der Waals surface area (Å²) in [5.74, 6) is 0.844. The van der Waals surface area contributed by atoms with Gasteiger partial charge in [-0.25, -0.2) is 9.97 Å². The second-order valence-corrected chi connectivity index (χ2v) is 4.08. The smallest absolute Gasteiger partial charge is 0.150 e. The van der Waals surface area contributed by atoms with E-state index in [2.05, 4.69) is 34.3 Å². The molecule has 0 radical (unpaired) electrons. The molecule has 0 unspecified atom stereocenters. The van der Waals surface area contributed by atoms with Gasteiger partial charge in [-0.2, -0.15) is 0 Å². The zero-order valence-corrected chi connectivity index (χ0v) is 10.2. The Hall–Kier alpha value is -1.81. The SMILES string of the molecule is Cc1ccccc1CNc1ncnc(N)c1Cl. The van der Waals surface area contributed by atoms with E-state index in [9.17, 15) is 0 Å². The standard InChI is InChI=1S/C12H13ClN4/c1-8-4-2-3-5-9(8)6-15-12-10(13)11(14)16-7-17-12/h2-5,7H,6H2,1H3,(H3,14,15,16,17). The van der Waals surface area contributed by atoms with E-state index >= 15 is 0 Å². The molecule has 1 aromatic carbocycles. The summed E-state index contributed by atoms with van der Waals surface area (Å²) in [7, 11) is 0. The number of nitrogens with two attached hydrogens (primary N) is 1. The molecule has 2 aromatic rings. The molecule has 4 nitrogen and oxygen atoms in total. The maximum absolute atomic E-state index is 5.99. The first-order chi connectivity index (χ1) is 8.18. The fraction of sp³-hybridized carbons (Fsp3) is 0.167. The van der Waals surface area contributed by atoms with Crippen LogP contribution < -0.4 is 11.1 Å². The summed E-state index contributed by atoms with van der Waals surface area (Å²) in [6.07, 6.45) is 1.39. The normalized spacial score (nSPS) is 10.2. The van der Waals surface area contributed by atoms with Gasteiger partial charge in [-0.3, -0.25) is 0 Å². The number of halogens is 1. The number of nitrogens with zero attached hydrogens (tertiary/aromatic N) is 2. The van der Waals surface area contributed by atoms with E-state index in [1.165, 1.54) is 17.5 Å². The van der Waals surface area contributed by atoms with Gasteiger partial charge in [0, 0.05) is 6.54 Å². The van der Waals surface area contributed by atoms with Gasteiger partial charge in [0.1, 0.15) is 17.2 Å². The van der Waals surface area contributed by atoms with E-state index < -0.39 is 0 Å². The minimum Gasteiger partial charge on any atom is -0.382 e. The Bertz CT molecular complexity index is 528. The van der Waals surface area contributed by atoms with Crippen molar-refractivity contribution in [2.45, 2.75) is 13.5 Å². The van der Waals surface area contributed by atoms with Crippen molar-refractivity contribution in [2.24, 2.45) is 0 Å². The Morgan fingerprint density at radius 2 is 2.06 bits per heavy atom. The van der Waals surface area contributed by atoms with Crippen molar-refractivity contribution in [2.75, 3.05) is 11.1 Å². The Kier molecular flexibility index (Phi) is 3.44. The van der Waals surface area contributed by atoms with Crippen LogP contribution in [0.1, 0.15) is 11.1 Å². The number of rotatable bonds is 3. The molecule has 17 heavy (non-hydrogen) atoms. The lowest BCUT2D eigenvalue weighted by atomic mass is 10.1. The van der Waals surface area contributed by atoms with Crippen molar-refractivity contribution < 1.29 is 0 Å². The van der Waals surface area contributed by atoms with Gasteiger partial charge in [0.05, 0.1) is 0 Å². The number of aromatic nitrogens is 2. The zero-order chi connectivity index (χ0) is 12.3. The molecule has 0 atom stereocenters. The van der Waals surface area contributed by atoms with E-state index in [1.54, 1.807) is 0 Å². The fourth-order valence-corrected chi connectivity index (χ4v) is 1.66. The quantitative estimate of drug-likeness (QED) is 0.877. The molecule has 1 aromatic heterocycles. The predicted molar refractivity (Wildman–Crippen MR) is 70.0 cm³/mol. The fourth-order valence-electron chi connectivity index (χ4n) is 1.49. The van der Waals surface area contributed by atoms with Crippen molar-refractivity contribution >= 4 is 23.2 Å². The average Bonchev–Trinajstić information content (AvgIpc) is 2.33. The maximum Gasteiger partial charge on any atom is 0.150 e. The van der Waals surface area contributed by atoms with Gasteiger partial charge >= 0.3 is 0 Å². The van der Waals surface area contributed by atoms with Crippen molar-refractivity contribution in [1.82, 2.24) is 9.97 Å². The van der Waals surface area contributed by atoms with E-state index in [-0.39, 0.29) is 5.82 Å². The molecule has 0 aliphatic carbocycles. The number of aryl methyl sites for hydroxylation is 1. The van der Waals surface area contributed by atoms with Gasteiger partial charge in [0.15, 0.2) is 5.82 Å². The van der Waals surface area contributed by atoms with Gasteiger partial charge in [0.25, 0.3) is 0 Å². The molecule has 88 valence electrons. The molecule has 0 aliphatic rings. The monoisotopic (exact) mass is 248 g/mol. The number of nitrogens with one attached hydrogen (secondary N) is 1. The summed E-state index contributed by atoms with van der Waals surface area (Å²) in [5, 5.41) is 3.51. The third-order valence-corrected chi connectivity index (χ3v) is 2.90. The van der Waals surface area contributed by atoms with Crippen LogP contribution in [0.3, 0.4) is 0 Å². The topological polar surface area (TPSA) is 63.8 Å². The third kappa shape index (κ3) is 2.65. The highest BCUT2D eigenvalue weighted by Crippen LogP contribution is 2.23. The zero-order valence-electron chi connectivity index (χ0n) is 9.44. The minimum atomic E-state index is 0.286. The van der Waals surface area contributed by atoms with E-state index in [0.717, 1.165) is 0 Å². The summed E-state index contributed by atoms with van der Waals surface area (Å²) in [4.78, 5) is 7.86. The first-order valence-electron chi connectivity index (χ1n) is 5.23. The van der Waals surface area contributed by atoms with Crippen molar-refractivity contribution in [3.8, 4) is 0 Å².